The SMILES string of the molecule is COc1cc(-c2oc3cc(O)cc(O)c3c(=O)c2OC2OC(COC3OC(C)C(OC(=O)C=Cc4ccc(O)cc4)C(O)C3O)C(O)C(O)C2O)ccc1O. The number of esters is 1. The van der Waals surface area contributed by atoms with Crippen LogP contribution in [0.4, 0.5) is 0 Å². The molecule has 3 heterocycles. The highest BCUT2D eigenvalue weighted by Gasteiger charge is 2.49. The van der Waals surface area contributed by atoms with E-state index in [1.807, 2.05) is 0 Å². The fourth-order valence-corrected chi connectivity index (χ4v) is 6.07. The number of ether oxygens (including phenoxy) is 6. The van der Waals surface area contributed by atoms with Crippen LogP contribution in [0.1, 0.15) is 12.5 Å². The van der Waals surface area contributed by atoms with Gasteiger partial charge in [0.15, 0.2) is 29.7 Å². The molecule has 10 atom stereocenters. The Morgan fingerprint density at radius 3 is 2.22 bits per heavy atom. The molecule has 1 aromatic heterocycles. The number of aliphatic hydroxyl groups is 5. The van der Waals surface area contributed by atoms with E-state index in [1.54, 1.807) is 12.1 Å². The second-order valence-corrected chi connectivity index (χ2v) is 12.8. The van der Waals surface area contributed by atoms with Gasteiger partial charge >= 0.3 is 5.97 Å². The van der Waals surface area contributed by atoms with Crippen LogP contribution in [-0.4, -0.2) is 127 Å². The van der Waals surface area contributed by atoms with Crippen molar-refractivity contribution in [2.24, 2.45) is 0 Å². The van der Waals surface area contributed by atoms with E-state index >= 15 is 0 Å². The smallest absolute Gasteiger partial charge is 0.331 e. The summed E-state index contributed by atoms with van der Waals surface area (Å²) in [6.07, 6.45) is -14.2. The standard InChI is InChI=1S/C37H38O18/c1-15-33(54-25(42)10-5-16-3-7-18(38)8-4-16)30(46)32(48)36(51-15)50-14-24-27(43)29(45)31(47)37(53-24)55-35-28(44)26-21(41)12-19(39)13-23(26)52-34(35)17-6-9-20(40)22(11-17)49-2/h3-13,15,24,27,29-33,36-41,43,45-48H,14H2,1-2H3. The summed E-state index contributed by atoms with van der Waals surface area (Å²) in [5, 5.41) is 93.7. The van der Waals surface area contributed by atoms with Gasteiger partial charge in [0.25, 0.3) is 0 Å². The summed E-state index contributed by atoms with van der Waals surface area (Å²) in [5.74, 6) is -3.23. The number of hydrogen-bond donors (Lipinski definition) is 9. The lowest BCUT2D eigenvalue weighted by atomic mass is 9.98. The number of methoxy groups -OCH3 is 1. The monoisotopic (exact) mass is 770 g/mol. The van der Waals surface area contributed by atoms with Crippen molar-refractivity contribution in [2.45, 2.75) is 68.3 Å². The lowest BCUT2D eigenvalue weighted by Gasteiger charge is -2.43. The molecule has 0 radical (unpaired) electrons. The molecule has 55 heavy (non-hydrogen) atoms. The van der Waals surface area contributed by atoms with E-state index in [4.69, 9.17) is 32.8 Å². The van der Waals surface area contributed by atoms with Gasteiger partial charge in [-0.1, -0.05) is 12.1 Å². The Balaban J connectivity index is 1.18. The molecule has 0 bridgehead atoms. The Bertz CT molecular complexity index is 2100. The topological polar surface area (TPSA) is 285 Å². The average Bonchev–Trinajstić information content (AvgIpc) is 3.15. The molecule has 0 saturated carbocycles. The summed E-state index contributed by atoms with van der Waals surface area (Å²) in [4.78, 5) is 26.3. The number of fused-ring (bicyclic) bond motifs is 1. The van der Waals surface area contributed by atoms with E-state index in [9.17, 15) is 55.5 Å². The Kier molecular flexibility index (Phi) is 11.5. The van der Waals surface area contributed by atoms with Crippen LogP contribution in [0, 0.1) is 0 Å². The zero-order chi connectivity index (χ0) is 39.7. The predicted octanol–water partition coefficient (Wildman–Crippen LogP) is 0.586. The molecule has 9 N–H and O–H groups in total. The quantitative estimate of drug-likeness (QED) is 0.0788. The van der Waals surface area contributed by atoms with Crippen LogP contribution in [0.2, 0.25) is 0 Å². The van der Waals surface area contributed by atoms with Crippen molar-refractivity contribution in [1.29, 1.82) is 0 Å². The Hall–Kier alpha value is -5.44. The average molecular weight is 771 g/mol. The van der Waals surface area contributed by atoms with Crippen molar-refractivity contribution >= 4 is 23.0 Å². The van der Waals surface area contributed by atoms with Crippen LogP contribution in [0.3, 0.4) is 0 Å². The molecule has 18 nitrogen and oxygen atoms in total. The maximum absolute atomic E-state index is 13.8. The molecule has 2 aliphatic heterocycles. The van der Waals surface area contributed by atoms with Crippen molar-refractivity contribution in [3.63, 3.8) is 0 Å². The zero-order valence-corrected chi connectivity index (χ0v) is 29.0. The van der Waals surface area contributed by atoms with Crippen LogP contribution < -0.4 is 14.9 Å². The lowest BCUT2D eigenvalue weighted by Crippen LogP contribution is -2.62. The first-order valence-electron chi connectivity index (χ1n) is 16.7. The van der Waals surface area contributed by atoms with Crippen LogP contribution >= 0.6 is 0 Å². The summed E-state index contributed by atoms with van der Waals surface area (Å²) in [5.41, 5.74) is -0.606. The Morgan fingerprint density at radius 1 is 0.800 bits per heavy atom. The lowest BCUT2D eigenvalue weighted by molar-refractivity contribution is -0.319. The molecule has 4 aromatic rings. The molecular formula is C37H38O18. The van der Waals surface area contributed by atoms with E-state index in [-0.39, 0.29) is 34.2 Å². The molecule has 2 fully saturated rings. The first kappa shape index (κ1) is 39.3. The number of carbonyl (C=O) groups excluding carboxylic acids is 1. The maximum Gasteiger partial charge on any atom is 0.331 e. The fraction of sp³-hybridized carbons (Fsp3) is 0.351. The van der Waals surface area contributed by atoms with Crippen molar-refractivity contribution in [3.8, 4) is 45.8 Å². The molecule has 3 aromatic carbocycles. The summed E-state index contributed by atoms with van der Waals surface area (Å²) >= 11 is 0. The number of carbonyl (C=O) groups is 1. The van der Waals surface area contributed by atoms with E-state index < -0.39 is 102 Å². The van der Waals surface area contributed by atoms with Crippen molar-refractivity contribution in [1.82, 2.24) is 0 Å². The minimum Gasteiger partial charge on any atom is -0.508 e. The third-order valence-corrected chi connectivity index (χ3v) is 9.02. The number of aliphatic hydroxyl groups excluding tert-OH is 5. The molecule has 6 rings (SSSR count). The van der Waals surface area contributed by atoms with Gasteiger partial charge in [-0.3, -0.25) is 4.79 Å². The first-order valence-corrected chi connectivity index (χ1v) is 16.7. The number of phenolic OH excluding ortho intramolecular Hbond substituents is 4. The number of aromatic hydroxyl groups is 4. The molecule has 2 aliphatic rings. The van der Waals surface area contributed by atoms with Crippen LogP contribution in [0.5, 0.6) is 34.5 Å². The first-order chi connectivity index (χ1) is 26.2. The molecule has 0 amide bonds. The number of benzene rings is 3. The van der Waals surface area contributed by atoms with Crippen molar-refractivity contribution < 1.29 is 83.6 Å². The van der Waals surface area contributed by atoms with Crippen LogP contribution in [0.15, 0.2) is 69.9 Å². The number of rotatable bonds is 10. The van der Waals surface area contributed by atoms with Gasteiger partial charge in [-0.05, 0) is 48.9 Å². The van der Waals surface area contributed by atoms with Crippen molar-refractivity contribution in [3.05, 3.63) is 76.5 Å². The fourth-order valence-electron chi connectivity index (χ4n) is 6.07. The van der Waals surface area contributed by atoms with Gasteiger partial charge in [0.2, 0.25) is 17.5 Å². The molecular weight excluding hydrogens is 732 g/mol. The summed E-state index contributed by atoms with van der Waals surface area (Å²) in [6, 6.07) is 11.7. The molecule has 0 aliphatic carbocycles. The zero-order valence-electron chi connectivity index (χ0n) is 29.0. The largest absolute Gasteiger partial charge is 0.508 e. The number of hydrogen-bond acceptors (Lipinski definition) is 18. The second-order valence-electron chi connectivity index (χ2n) is 12.8. The van der Waals surface area contributed by atoms with Gasteiger partial charge in [0.05, 0.1) is 19.8 Å². The van der Waals surface area contributed by atoms with E-state index in [0.717, 1.165) is 18.2 Å². The Morgan fingerprint density at radius 2 is 1.51 bits per heavy atom. The van der Waals surface area contributed by atoms with E-state index in [0.29, 0.717) is 5.56 Å². The minimum absolute atomic E-state index is 0.0341. The number of phenols is 4. The molecule has 18 heteroatoms. The van der Waals surface area contributed by atoms with Gasteiger partial charge in [0.1, 0.15) is 64.8 Å². The molecule has 10 unspecified atom stereocenters. The minimum atomic E-state index is -1.99. The molecule has 0 spiro atoms. The third-order valence-electron chi connectivity index (χ3n) is 9.02. The Labute approximate surface area is 310 Å². The maximum atomic E-state index is 13.8. The van der Waals surface area contributed by atoms with Gasteiger partial charge in [-0.15, -0.1) is 0 Å². The molecule has 294 valence electrons. The van der Waals surface area contributed by atoms with E-state index in [1.165, 1.54) is 50.4 Å². The van der Waals surface area contributed by atoms with Crippen LogP contribution in [-0.2, 0) is 23.7 Å². The summed E-state index contributed by atoms with van der Waals surface area (Å²) in [6.45, 7) is 0.790. The summed E-state index contributed by atoms with van der Waals surface area (Å²) < 4.78 is 39.2. The van der Waals surface area contributed by atoms with Gasteiger partial charge < -0.3 is 78.8 Å². The van der Waals surface area contributed by atoms with Gasteiger partial charge in [-0.2, -0.15) is 0 Å². The summed E-state index contributed by atoms with van der Waals surface area (Å²) in [7, 11) is 1.27. The highest BCUT2D eigenvalue weighted by atomic mass is 16.7. The normalized spacial score (nSPS) is 28.3. The highest BCUT2D eigenvalue weighted by molar-refractivity contribution is 5.88. The van der Waals surface area contributed by atoms with Crippen molar-refractivity contribution in [2.75, 3.05) is 13.7 Å². The predicted molar refractivity (Wildman–Crippen MR) is 186 cm³/mol. The third kappa shape index (κ3) is 8.16. The van der Waals surface area contributed by atoms with E-state index in [2.05, 4.69) is 0 Å². The van der Waals surface area contributed by atoms with Gasteiger partial charge in [-0.25, -0.2) is 4.79 Å². The highest BCUT2D eigenvalue weighted by Crippen LogP contribution is 2.40. The van der Waals surface area contributed by atoms with Gasteiger partial charge in [0, 0.05) is 23.8 Å². The van der Waals surface area contributed by atoms with Crippen LogP contribution in [0.25, 0.3) is 28.4 Å². The molecule has 2 saturated heterocycles. The second kappa shape index (κ2) is 16.1.